The van der Waals surface area contributed by atoms with Gasteiger partial charge in [0.2, 0.25) is 17.7 Å². The second-order valence-electron chi connectivity index (χ2n) is 18.6. The molecule has 0 rings (SSSR count). The largest absolute Gasteiger partial charge is 0.481 e. The first-order valence-corrected chi connectivity index (χ1v) is 22.2. The number of rotatable bonds is 39. The zero-order chi connectivity index (χ0) is 52.5. The minimum atomic E-state index is -1.62. The number of amides is 3. The van der Waals surface area contributed by atoms with Crippen molar-refractivity contribution in [2.24, 2.45) is 10.8 Å². The molecular weight excluding hydrogens is 906 g/mol. The van der Waals surface area contributed by atoms with Crippen LogP contribution in [0.5, 0.6) is 0 Å². The molecule has 24 nitrogen and oxygen atoms in total. The van der Waals surface area contributed by atoms with Gasteiger partial charge in [-0.05, 0) is 87.9 Å². The van der Waals surface area contributed by atoms with Gasteiger partial charge >= 0.3 is 53.7 Å². The van der Waals surface area contributed by atoms with E-state index in [1.807, 2.05) is 0 Å². The Morgan fingerprint density at radius 1 is 0.265 bits per heavy atom. The zero-order valence-electron chi connectivity index (χ0n) is 38.9. The van der Waals surface area contributed by atoms with Crippen LogP contribution < -0.4 is 16.0 Å². The van der Waals surface area contributed by atoms with Crippen molar-refractivity contribution in [3.63, 3.8) is 0 Å². The maximum absolute atomic E-state index is 14.0. The second kappa shape index (κ2) is 28.7. The van der Waals surface area contributed by atoms with E-state index in [9.17, 15) is 103 Å². The minimum Gasteiger partial charge on any atom is -0.481 e. The summed E-state index contributed by atoms with van der Waals surface area (Å²) in [7, 11) is 0. The van der Waals surface area contributed by atoms with Crippen LogP contribution in [0.25, 0.3) is 0 Å². The van der Waals surface area contributed by atoms with E-state index in [2.05, 4.69) is 16.0 Å². The molecule has 0 aromatic carbocycles. The van der Waals surface area contributed by atoms with Crippen LogP contribution in [0, 0.1) is 10.8 Å². The number of hydrogen-bond donors (Lipinski definition) is 12. The number of carboxylic acid groups (broad SMARTS) is 9. The van der Waals surface area contributed by atoms with E-state index in [1.54, 1.807) is 20.8 Å². The molecule has 0 saturated carbocycles. The average molecular weight is 976 g/mol. The lowest BCUT2D eigenvalue weighted by molar-refractivity contribution is -0.141. The minimum absolute atomic E-state index is 0.167. The third-order valence-electron chi connectivity index (χ3n) is 12.7. The number of nitrogens with one attached hydrogen (secondary N) is 3. The van der Waals surface area contributed by atoms with Crippen molar-refractivity contribution in [3.05, 3.63) is 0 Å². The quantitative estimate of drug-likeness (QED) is 0.0417. The molecule has 0 aliphatic rings. The summed E-state index contributed by atoms with van der Waals surface area (Å²) in [5.41, 5.74) is -7.07. The molecule has 0 aliphatic heterocycles. The van der Waals surface area contributed by atoms with Crippen molar-refractivity contribution in [3.8, 4) is 0 Å². The molecule has 0 fully saturated rings. The fourth-order valence-electron chi connectivity index (χ4n) is 8.44. The summed E-state index contributed by atoms with van der Waals surface area (Å²) in [4.78, 5) is 147. The van der Waals surface area contributed by atoms with Gasteiger partial charge in [-0.2, -0.15) is 0 Å². The number of hydrogen-bond acceptors (Lipinski definition) is 12. The van der Waals surface area contributed by atoms with Crippen molar-refractivity contribution in [1.82, 2.24) is 16.0 Å². The highest BCUT2D eigenvalue weighted by Crippen LogP contribution is 2.50. The Balaban J connectivity index is 7.42. The molecule has 0 aromatic rings. The Kier molecular flexibility index (Phi) is 26.0. The Labute approximate surface area is 392 Å². The predicted octanol–water partition coefficient (Wildman–Crippen LogP) is 3.71. The third kappa shape index (κ3) is 25.5. The highest BCUT2D eigenvalue weighted by molar-refractivity contribution is 5.80. The molecule has 0 radical (unpaired) electrons. The van der Waals surface area contributed by atoms with Crippen LogP contribution in [0.15, 0.2) is 0 Å². The highest BCUT2D eigenvalue weighted by atomic mass is 16.4. The topological polar surface area (TPSA) is 423 Å². The van der Waals surface area contributed by atoms with Crippen molar-refractivity contribution in [2.45, 2.75) is 191 Å². The summed E-state index contributed by atoms with van der Waals surface area (Å²) in [5.74, 6) is -14.1. The molecule has 0 heterocycles. The molecule has 3 amide bonds. The van der Waals surface area contributed by atoms with Crippen LogP contribution in [0.1, 0.15) is 175 Å². The molecule has 0 spiro atoms. The molecule has 0 aromatic heterocycles. The Hall–Kier alpha value is -6.36. The molecule has 12 N–H and O–H groups in total. The molecule has 68 heavy (non-hydrogen) atoms. The first kappa shape index (κ1) is 61.6. The highest BCUT2D eigenvalue weighted by Gasteiger charge is 2.44. The Morgan fingerprint density at radius 3 is 0.529 bits per heavy atom. The Bertz CT molecular complexity index is 1490. The molecular formula is C44H69N3O21. The van der Waals surface area contributed by atoms with Crippen LogP contribution >= 0.6 is 0 Å². The fraction of sp³-hybridized carbons (Fsp3) is 0.727. The lowest BCUT2D eigenvalue weighted by Gasteiger charge is -2.46. The van der Waals surface area contributed by atoms with Gasteiger partial charge in [0, 0.05) is 93.7 Å². The average Bonchev–Trinajstić information content (AvgIpc) is 3.21. The van der Waals surface area contributed by atoms with Crippen LogP contribution in [-0.2, 0) is 57.5 Å². The fourth-order valence-corrected chi connectivity index (χ4v) is 8.44. The van der Waals surface area contributed by atoms with Gasteiger partial charge < -0.3 is 61.9 Å². The van der Waals surface area contributed by atoms with E-state index in [0.29, 0.717) is 0 Å². The van der Waals surface area contributed by atoms with E-state index in [-0.39, 0.29) is 77.0 Å². The smallest absolute Gasteiger partial charge is 0.303 e. The molecule has 0 atom stereocenters. The van der Waals surface area contributed by atoms with Gasteiger partial charge in [-0.3, -0.25) is 57.5 Å². The second-order valence-corrected chi connectivity index (χ2v) is 18.6. The summed E-state index contributed by atoms with van der Waals surface area (Å²) >= 11 is 0. The third-order valence-corrected chi connectivity index (χ3v) is 12.7. The van der Waals surface area contributed by atoms with E-state index in [1.165, 1.54) is 0 Å². The van der Waals surface area contributed by atoms with E-state index < -0.39 is 176 Å². The molecule has 0 aliphatic carbocycles. The van der Waals surface area contributed by atoms with E-state index >= 15 is 0 Å². The lowest BCUT2D eigenvalue weighted by Crippen LogP contribution is -2.51. The summed E-state index contributed by atoms with van der Waals surface area (Å²) in [6.07, 6.45) is -10.1. The lowest BCUT2D eigenvalue weighted by atomic mass is 9.59. The number of aliphatic carboxylic acids is 9. The maximum atomic E-state index is 14.0. The summed E-state index contributed by atoms with van der Waals surface area (Å²) < 4.78 is 0. The van der Waals surface area contributed by atoms with E-state index in [4.69, 9.17) is 0 Å². The van der Waals surface area contributed by atoms with Crippen molar-refractivity contribution in [2.75, 3.05) is 0 Å². The molecule has 0 saturated heterocycles. The Morgan fingerprint density at radius 2 is 0.412 bits per heavy atom. The molecule has 0 bridgehead atoms. The first-order chi connectivity index (χ1) is 31.3. The zero-order valence-corrected chi connectivity index (χ0v) is 38.9. The summed E-state index contributed by atoms with van der Waals surface area (Å²) in [5, 5.41) is 93.3. The maximum Gasteiger partial charge on any atom is 0.303 e. The van der Waals surface area contributed by atoms with Crippen LogP contribution in [0.3, 0.4) is 0 Å². The van der Waals surface area contributed by atoms with Crippen LogP contribution in [-0.4, -0.2) is 134 Å². The normalized spacial score (nSPS) is 12.0. The van der Waals surface area contributed by atoms with Gasteiger partial charge in [0.1, 0.15) is 0 Å². The molecule has 386 valence electrons. The number of carbonyl (C=O) groups excluding carboxylic acids is 3. The standard InChI is InChI=1S/C44H69N3O21/c1-40(2,3)41(16-4-28(48)45-42(19-7-31(51)52,20-8-32(53)54)21-9-33(55)56,17-5-29(49)46-43(22-10-34(57)58,23-11-35(59)60)24-12-36(61)62)18-6-30(50)47-44(25-13-37(63)64,26-14-38(65)66)27-15-39(67)68/h4-27H2,1-3H3,(H,45,48)(H,46,49)(H,47,50)(H,51,52)(H,53,54)(H,55,56)(H,57,58)(H,59,60)(H,61,62)(H,63,64)(H,65,66)(H,67,68). The number of carboxylic acids is 9. The summed E-state index contributed by atoms with van der Waals surface area (Å²) in [6, 6.07) is 0. The van der Waals surface area contributed by atoms with Crippen LogP contribution in [0.2, 0.25) is 0 Å². The van der Waals surface area contributed by atoms with Crippen molar-refractivity contribution in [1.29, 1.82) is 0 Å². The molecule has 0 unspecified atom stereocenters. The van der Waals surface area contributed by atoms with Crippen molar-refractivity contribution >= 4 is 71.4 Å². The van der Waals surface area contributed by atoms with E-state index in [0.717, 1.165) is 0 Å². The van der Waals surface area contributed by atoms with Gasteiger partial charge in [0.15, 0.2) is 0 Å². The monoisotopic (exact) mass is 975 g/mol. The van der Waals surface area contributed by atoms with Gasteiger partial charge in [0.05, 0.1) is 0 Å². The molecule has 24 heteroatoms. The first-order valence-electron chi connectivity index (χ1n) is 22.2. The van der Waals surface area contributed by atoms with Gasteiger partial charge in [-0.15, -0.1) is 0 Å². The SMILES string of the molecule is CC(C)(C)C(CCC(=O)NC(CCC(=O)O)(CCC(=O)O)CCC(=O)O)(CCC(=O)NC(CCC(=O)O)(CCC(=O)O)CCC(=O)O)CCC(=O)NC(CCC(=O)O)(CCC(=O)O)CCC(=O)O. The van der Waals surface area contributed by atoms with Crippen LogP contribution in [0.4, 0.5) is 0 Å². The summed E-state index contributed by atoms with van der Waals surface area (Å²) in [6.45, 7) is 5.14. The predicted molar refractivity (Wildman–Crippen MR) is 234 cm³/mol. The van der Waals surface area contributed by atoms with Gasteiger partial charge in [0.25, 0.3) is 0 Å². The van der Waals surface area contributed by atoms with Crippen molar-refractivity contribution < 1.29 is 103 Å². The van der Waals surface area contributed by atoms with Gasteiger partial charge in [-0.1, -0.05) is 20.8 Å². The number of carbonyl (C=O) groups is 12. The van der Waals surface area contributed by atoms with Gasteiger partial charge in [-0.25, -0.2) is 0 Å².